The Labute approximate surface area is 172 Å². The first-order valence-electron chi connectivity index (χ1n) is 9.63. The van der Waals surface area contributed by atoms with Crippen LogP contribution >= 0.6 is 0 Å². The number of carbonyl (C=O) groups excluding carboxylic acids is 2. The molecule has 0 spiro atoms. The molecule has 0 aliphatic carbocycles. The number of ether oxygens (including phenoxy) is 1. The molecule has 1 atom stereocenters. The van der Waals surface area contributed by atoms with Crippen LogP contribution in [0.25, 0.3) is 0 Å². The standard InChI is InChI=1S/C25H26NO3/c1-26(18-21-12-9-15-23(16-21)29-2,19-24(27)22-13-7-4-8-14-22)25(28)17-20-10-5-3-6-11-20/h3-16H,17-19H2,1-2H3/q+1. The van der Waals surface area contributed by atoms with Crippen molar-refractivity contribution in [3.8, 4) is 5.75 Å². The molecule has 3 aromatic carbocycles. The maximum atomic E-state index is 13.3. The normalized spacial score (nSPS) is 12.8. The molecule has 0 aliphatic rings. The van der Waals surface area contributed by atoms with Crippen LogP contribution in [0.3, 0.4) is 0 Å². The summed E-state index contributed by atoms with van der Waals surface area (Å²) in [6, 6.07) is 26.4. The van der Waals surface area contributed by atoms with Gasteiger partial charge in [0, 0.05) is 11.1 Å². The molecule has 0 heterocycles. The molecule has 0 aliphatic heterocycles. The van der Waals surface area contributed by atoms with E-state index in [0.29, 0.717) is 12.1 Å². The number of hydrogen-bond acceptors (Lipinski definition) is 3. The van der Waals surface area contributed by atoms with Gasteiger partial charge in [0.2, 0.25) is 5.78 Å². The van der Waals surface area contributed by atoms with Crippen LogP contribution < -0.4 is 4.74 Å². The van der Waals surface area contributed by atoms with E-state index in [0.717, 1.165) is 16.9 Å². The van der Waals surface area contributed by atoms with Crippen LogP contribution in [-0.2, 0) is 17.8 Å². The molecule has 0 bridgehead atoms. The van der Waals surface area contributed by atoms with E-state index in [2.05, 4.69) is 0 Å². The first-order chi connectivity index (χ1) is 14.0. The number of likely N-dealkylation sites (N-methyl/N-ethyl adjacent to an activating group) is 1. The van der Waals surface area contributed by atoms with Crippen molar-refractivity contribution in [1.29, 1.82) is 0 Å². The SMILES string of the molecule is COc1cccc(C[N+](C)(CC(=O)c2ccccc2)C(=O)Cc2ccccc2)c1. The van der Waals surface area contributed by atoms with Gasteiger partial charge in [-0.15, -0.1) is 0 Å². The monoisotopic (exact) mass is 388 g/mol. The molecule has 148 valence electrons. The summed E-state index contributed by atoms with van der Waals surface area (Å²) < 4.78 is 5.31. The number of ketones is 1. The maximum Gasteiger partial charge on any atom is 0.318 e. The van der Waals surface area contributed by atoms with Crippen LogP contribution in [0.5, 0.6) is 5.75 Å². The third-order valence-electron chi connectivity index (χ3n) is 5.05. The van der Waals surface area contributed by atoms with E-state index in [1.165, 1.54) is 0 Å². The number of hydrogen-bond donors (Lipinski definition) is 0. The third-order valence-corrected chi connectivity index (χ3v) is 5.05. The van der Waals surface area contributed by atoms with E-state index in [1.807, 2.05) is 79.8 Å². The predicted molar refractivity (Wildman–Crippen MR) is 114 cm³/mol. The fourth-order valence-corrected chi connectivity index (χ4v) is 3.40. The molecule has 0 fully saturated rings. The van der Waals surface area contributed by atoms with Gasteiger partial charge in [0.05, 0.1) is 20.6 Å². The molecule has 1 amide bonds. The maximum absolute atomic E-state index is 13.3. The van der Waals surface area contributed by atoms with Crippen molar-refractivity contribution in [2.75, 3.05) is 20.7 Å². The molecule has 4 heteroatoms. The highest BCUT2D eigenvalue weighted by atomic mass is 16.5. The Hall–Kier alpha value is -3.24. The van der Waals surface area contributed by atoms with Crippen LogP contribution in [-0.4, -0.2) is 36.9 Å². The predicted octanol–water partition coefficient (Wildman–Crippen LogP) is 4.29. The van der Waals surface area contributed by atoms with Gasteiger partial charge < -0.3 is 4.74 Å². The minimum absolute atomic E-state index is 0.00306. The van der Waals surface area contributed by atoms with Gasteiger partial charge in [0.15, 0.2) is 0 Å². The van der Waals surface area contributed by atoms with E-state index < -0.39 is 0 Å². The van der Waals surface area contributed by atoms with Crippen molar-refractivity contribution in [3.63, 3.8) is 0 Å². The lowest BCUT2D eigenvalue weighted by Crippen LogP contribution is -2.52. The minimum Gasteiger partial charge on any atom is -0.497 e. The summed E-state index contributed by atoms with van der Waals surface area (Å²) in [7, 11) is 3.46. The number of Topliss-reactive ketones (excluding diaryl/α,β-unsaturated/α-hetero) is 1. The highest BCUT2D eigenvalue weighted by molar-refractivity contribution is 5.97. The van der Waals surface area contributed by atoms with Crippen molar-refractivity contribution in [3.05, 3.63) is 102 Å². The number of rotatable bonds is 8. The number of quaternary nitrogens is 1. The van der Waals surface area contributed by atoms with E-state index >= 15 is 0 Å². The lowest BCUT2D eigenvalue weighted by molar-refractivity contribution is -0.839. The average Bonchev–Trinajstić information content (AvgIpc) is 2.75. The second kappa shape index (κ2) is 9.30. The molecule has 0 saturated heterocycles. The summed E-state index contributed by atoms with van der Waals surface area (Å²) in [5.74, 6) is 0.694. The minimum atomic E-state index is -0.0441. The molecule has 4 nitrogen and oxygen atoms in total. The van der Waals surface area contributed by atoms with Crippen molar-refractivity contribution < 1.29 is 18.8 Å². The van der Waals surface area contributed by atoms with Gasteiger partial charge in [-0.3, -0.25) is 9.28 Å². The van der Waals surface area contributed by atoms with Gasteiger partial charge in [0.1, 0.15) is 18.8 Å². The summed E-state index contributed by atoms with van der Waals surface area (Å²) in [4.78, 5) is 26.3. The van der Waals surface area contributed by atoms with Crippen LogP contribution in [0.4, 0.5) is 0 Å². The van der Waals surface area contributed by atoms with Gasteiger partial charge in [-0.25, -0.2) is 4.79 Å². The number of carbonyl (C=O) groups is 2. The zero-order valence-corrected chi connectivity index (χ0v) is 16.9. The Kier molecular flexibility index (Phi) is 6.57. The van der Waals surface area contributed by atoms with E-state index in [-0.39, 0.29) is 29.1 Å². The second-order valence-corrected chi connectivity index (χ2v) is 7.41. The Morgan fingerprint density at radius 1 is 0.828 bits per heavy atom. The molecular formula is C25H26NO3+. The van der Waals surface area contributed by atoms with Crippen molar-refractivity contribution in [1.82, 2.24) is 0 Å². The second-order valence-electron chi connectivity index (χ2n) is 7.41. The molecular weight excluding hydrogens is 362 g/mol. The molecule has 29 heavy (non-hydrogen) atoms. The fourth-order valence-electron chi connectivity index (χ4n) is 3.40. The zero-order chi connectivity index (χ0) is 20.7. The summed E-state index contributed by atoms with van der Waals surface area (Å²) in [6.07, 6.45) is 0.281. The van der Waals surface area contributed by atoms with Crippen LogP contribution in [0.2, 0.25) is 0 Å². The molecule has 0 aromatic heterocycles. The van der Waals surface area contributed by atoms with Gasteiger partial charge in [-0.05, 0) is 17.7 Å². The van der Waals surface area contributed by atoms with E-state index in [4.69, 9.17) is 4.74 Å². The molecule has 0 radical (unpaired) electrons. The number of methoxy groups -OCH3 is 1. The van der Waals surface area contributed by atoms with Crippen LogP contribution in [0.15, 0.2) is 84.9 Å². The Morgan fingerprint density at radius 3 is 2.10 bits per heavy atom. The van der Waals surface area contributed by atoms with Gasteiger partial charge in [-0.1, -0.05) is 72.8 Å². The molecule has 3 rings (SSSR count). The van der Waals surface area contributed by atoms with Gasteiger partial charge >= 0.3 is 5.91 Å². The number of amides is 1. The average molecular weight is 388 g/mol. The largest absolute Gasteiger partial charge is 0.497 e. The zero-order valence-electron chi connectivity index (χ0n) is 16.9. The summed E-state index contributed by atoms with van der Waals surface area (Å²) in [5.41, 5.74) is 2.52. The van der Waals surface area contributed by atoms with Gasteiger partial charge in [-0.2, -0.15) is 0 Å². The first-order valence-corrected chi connectivity index (χ1v) is 9.63. The number of benzene rings is 3. The lowest BCUT2D eigenvalue weighted by atomic mass is 10.1. The number of nitrogens with zero attached hydrogens (tertiary/aromatic N) is 1. The van der Waals surface area contributed by atoms with Crippen molar-refractivity contribution >= 4 is 11.7 Å². The highest BCUT2D eigenvalue weighted by Gasteiger charge is 2.34. The molecule has 1 unspecified atom stereocenters. The summed E-state index contributed by atoms with van der Waals surface area (Å²) in [5, 5.41) is 0. The Morgan fingerprint density at radius 2 is 1.45 bits per heavy atom. The Balaban J connectivity index is 1.88. The van der Waals surface area contributed by atoms with E-state index in [9.17, 15) is 9.59 Å². The van der Waals surface area contributed by atoms with Crippen LogP contribution in [0.1, 0.15) is 21.5 Å². The molecule has 3 aromatic rings. The quantitative estimate of drug-likeness (QED) is 0.427. The van der Waals surface area contributed by atoms with Crippen molar-refractivity contribution in [2.45, 2.75) is 13.0 Å². The van der Waals surface area contributed by atoms with Gasteiger partial charge in [0.25, 0.3) is 0 Å². The first kappa shape index (κ1) is 20.5. The summed E-state index contributed by atoms with van der Waals surface area (Å²) >= 11 is 0. The Bertz CT molecular complexity index is 970. The third kappa shape index (κ3) is 5.39. The van der Waals surface area contributed by atoms with E-state index in [1.54, 1.807) is 19.2 Å². The lowest BCUT2D eigenvalue weighted by Gasteiger charge is -2.31. The topological polar surface area (TPSA) is 43.4 Å². The fraction of sp³-hybridized carbons (Fsp3) is 0.200. The molecule has 0 saturated carbocycles. The summed E-state index contributed by atoms with van der Waals surface area (Å²) in [6.45, 7) is 0.522. The molecule has 0 N–H and O–H groups in total. The van der Waals surface area contributed by atoms with Crippen LogP contribution in [0, 0.1) is 0 Å². The highest BCUT2D eigenvalue weighted by Crippen LogP contribution is 2.20. The smallest absolute Gasteiger partial charge is 0.318 e. The van der Waals surface area contributed by atoms with Crippen molar-refractivity contribution in [2.24, 2.45) is 0 Å².